The zero-order valence-electron chi connectivity index (χ0n) is 15.9. The van der Waals surface area contributed by atoms with Crippen molar-refractivity contribution in [1.82, 2.24) is 20.4 Å². The van der Waals surface area contributed by atoms with Crippen molar-refractivity contribution in [2.45, 2.75) is 18.5 Å². The predicted octanol–water partition coefficient (Wildman–Crippen LogP) is 3.33. The van der Waals surface area contributed by atoms with Gasteiger partial charge in [0.05, 0.1) is 6.04 Å². The second kappa shape index (κ2) is 8.63. The zero-order valence-corrected chi connectivity index (χ0v) is 16.7. The second-order valence-corrected chi connectivity index (χ2v) is 7.46. The number of para-hydroxylation sites is 1. The first-order valence-corrected chi connectivity index (χ1v) is 9.73. The summed E-state index contributed by atoms with van der Waals surface area (Å²) in [5.41, 5.74) is 0.841. The van der Waals surface area contributed by atoms with Crippen LogP contribution in [0.25, 0.3) is 11.4 Å². The molecule has 2 atom stereocenters. The fourth-order valence-electron chi connectivity index (χ4n) is 3.41. The van der Waals surface area contributed by atoms with Crippen LogP contribution < -0.4 is 10.1 Å². The third-order valence-corrected chi connectivity index (χ3v) is 5.11. The van der Waals surface area contributed by atoms with E-state index in [1.807, 2.05) is 49.5 Å². The van der Waals surface area contributed by atoms with Gasteiger partial charge in [-0.05, 0) is 49.9 Å². The molecular weight excluding hydrogens is 392 g/mol. The molecule has 29 heavy (non-hydrogen) atoms. The number of hydrogen-bond donors (Lipinski definition) is 1. The van der Waals surface area contributed by atoms with Gasteiger partial charge in [0.25, 0.3) is 5.91 Å². The number of rotatable bonds is 6. The Labute approximate surface area is 173 Å². The van der Waals surface area contributed by atoms with E-state index in [-0.39, 0.29) is 24.6 Å². The molecule has 1 amide bonds. The summed E-state index contributed by atoms with van der Waals surface area (Å²) < 4.78 is 11.0. The molecule has 150 valence electrons. The molecule has 0 saturated carbocycles. The molecule has 2 unspecified atom stereocenters. The Morgan fingerprint density at radius 2 is 2.00 bits per heavy atom. The van der Waals surface area contributed by atoms with Crippen molar-refractivity contribution < 1.29 is 14.1 Å². The summed E-state index contributed by atoms with van der Waals surface area (Å²) in [5.74, 6) is 1.58. The van der Waals surface area contributed by atoms with Crippen molar-refractivity contribution in [1.29, 1.82) is 0 Å². The zero-order chi connectivity index (χ0) is 20.2. The van der Waals surface area contributed by atoms with E-state index in [4.69, 9.17) is 20.9 Å². The number of carbonyl (C=O) groups is 1. The van der Waals surface area contributed by atoms with Crippen LogP contribution in [-0.2, 0) is 4.79 Å². The fraction of sp³-hybridized carbons (Fsp3) is 0.286. The minimum absolute atomic E-state index is 0.0113. The molecule has 2 aromatic carbocycles. The van der Waals surface area contributed by atoms with E-state index < -0.39 is 0 Å². The van der Waals surface area contributed by atoms with Gasteiger partial charge in [-0.2, -0.15) is 4.98 Å². The maximum absolute atomic E-state index is 12.2. The van der Waals surface area contributed by atoms with E-state index >= 15 is 0 Å². The van der Waals surface area contributed by atoms with Crippen LogP contribution >= 0.6 is 11.6 Å². The lowest BCUT2D eigenvalue weighted by Crippen LogP contribution is -2.39. The molecule has 1 N–H and O–H groups in total. The van der Waals surface area contributed by atoms with E-state index in [0.717, 1.165) is 5.56 Å². The molecule has 7 nitrogen and oxygen atoms in total. The summed E-state index contributed by atoms with van der Waals surface area (Å²) >= 11 is 5.93. The number of ether oxygens (including phenoxy) is 1. The van der Waals surface area contributed by atoms with Gasteiger partial charge in [0.2, 0.25) is 11.7 Å². The first-order valence-electron chi connectivity index (χ1n) is 9.35. The summed E-state index contributed by atoms with van der Waals surface area (Å²) in [6, 6.07) is 16.5. The Kier molecular flexibility index (Phi) is 5.78. The van der Waals surface area contributed by atoms with E-state index in [9.17, 15) is 4.79 Å². The SMILES string of the molecule is CN1CC(NC(=O)COc2ccccc2)CC1c1nc(-c2ccc(Cl)cc2)no1. The van der Waals surface area contributed by atoms with Crippen LogP contribution in [0.1, 0.15) is 18.4 Å². The topological polar surface area (TPSA) is 80.5 Å². The van der Waals surface area contributed by atoms with E-state index in [0.29, 0.717) is 35.5 Å². The molecule has 0 aliphatic carbocycles. The maximum Gasteiger partial charge on any atom is 0.258 e. The standard InChI is InChI=1S/C21H21ClN4O3/c1-26-12-16(23-19(27)13-28-17-5-3-2-4-6-17)11-18(26)21-24-20(25-29-21)14-7-9-15(22)10-8-14/h2-10,16,18H,11-13H2,1H3,(H,23,27). The maximum atomic E-state index is 12.2. The highest BCUT2D eigenvalue weighted by Gasteiger charge is 2.35. The van der Waals surface area contributed by atoms with Crippen LogP contribution in [0, 0.1) is 0 Å². The summed E-state index contributed by atoms with van der Waals surface area (Å²) in [7, 11) is 1.98. The van der Waals surface area contributed by atoms with Gasteiger partial charge in [-0.25, -0.2) is 0 Å². The largest absolute Gasteiger partial charge is 0.484 e. The Morgan fingerprint density at radius 3 is 2.76 bits per heavy atom. The minimum Gasteiger partial charge on any atom is -0.484 e. The van der Waals surface area contributed by atoms with Crippen molar-refractivity contribution in [2.24, 2.45) is 0 Å². The Bertz CT molecular complexity index is 962. The number of carbonyl (C=O) groups excluding carboxylic acids is 1. The number of amides is 1. The van der Waals surface area contributed by atoms with Crippen molar-refractivity contribution in [3.63, 3.8) is 0 Å². The Balaban J connectivity index is 1.34. The van der Waals surface area contributed by atoms with Gasteiger partial charge in [0, 0.05) is 23.2 Å². The number of halogens is 1. The highest BCUT2D eigenvalue weighted by molar-refractivity contribution is 6.30. The smallest absolute Gasteiger partial charge is 0.258 e. The van der Waals surface area contributed by atoms with E-state index in [1.54, 1.807) is 12.1 Å². The van der Waals surface area contributed by atoms with Crippen molar-refractivity contribution in [2.75, 3.05) is 20.2 Å². The van der Waals surface area contributed by atoms with Crippen LogP contribution in [0.3, 0.4) is 0 Å². The molecule has 0 radical (unpaired) electrons. The van der Waals surface area contributed by atoms with Gasteiger partial charge in [-0.3, -0.25) is 9.69 Å². The molecule has 3 aromatic rings. The van der Waals surface area contributed by atoms with E-state index in [2.05, 4.69) is 20.4 Å². The number of likely N-dealkylation sites (N-methyl/N-ethyl adjacent to an activating group) is 1. The molecule has 1 aromatic heterocycles. The molecule has 1 aliphatic heterocycles. The third kappa shape index (κ3) is 4.75. The van der Waals surface area contributed by atoms with Gasteiger partial charge in [0.1, 0.15) is 5.75 Å². The second-order valence-electron chi connectivity index (χ2n) is 7.02. The van der Waals surface area contributed by atoms with Gasteiger partial charge in [-0.1, -0.05) is 35.0 Å². The minimum atomic E-state index is -0.153. The number of aromatic nitrogens is 2. The highest BCUT2D eigenvalue weighted by Crippen LogP contribution is 2.31. The lowest BCUT2D eigenvalue weighted by molar-refractivity contribution is -0.123. The molecule has 4 rings (SSSR count). The molecule has 8 heteroatoms. The van der Waals surface area contributed by atoms with Crippen LogP contribution in [-0.4, -0.2) is 47.2 Å². The number of nitrogens with one attached hydrogen (secondary N) is 1. The number of benzene rings is 2. The number of hydrogen-bond acceptors (Lipinski definition) is 6. The van der Waals surface area contributed by atoms with Crippen LogP contribution in [0.15, 0.2) is 59.1 Å². The molecule has 0 bridgehead atoms. The number of likely N-dealkylation sites (tertiary alicyclic amines) is 1. The molecule has 1 aliphatic rings. The summed E-state index contributed by atoms with van der Waals surface area (Å²) in [4.78, 5) is 18.9. The summed E-state index contributed by atoms with van der Waals surface area (Å²) in [5, 5.41) is 7.75. The average Bonchev–Trinajstić information content (AvgIpc) is 3.34. The molecular formula is C21H21ClN4O3. The van der Waals surface area contributed by atoms with Crippen LogP contribution in [0.4, 0.5) is 0 Å². The highest BCUT2D eigenvalue weighted by atomic mass is 35.5. The molecule has 2 heterocycles. The lowest BCUT2D eigenvalue weighted by atomic mass is 10.1. The van der Waals surface area contributed by atoms with Gasteiger partial charge >= 0.3 is 0 Å². The predicted molar refractivity (Wildman–Crippen MR) is 109 cm³/mol. The first-order chi connectivity index (χ1) is 14.1. The average molecular weight is 413 g/mol. The number of nitrogens with zero attached hydrogens (tertiary/aromatic N) is 3. The fourth-order valence-corrected chi connectivity index (χ4v) is 3.54. The van der Waals surface area contributed by atoms with Crippen molar-refractivity contribution in [3.05, 3.63) is 65.5 Å². The van der Waals surface area contributed by atoms with Crippen molar-refractivity contribution >= 4 is 17.5 Å². The monoisotopic (exact) mass is 412 g/mol. The van der Waals surface area contributed by atoms with Gasteiger partial charge in [0.15, 0.2) is 6.61 Å². The van der Waals surface area contributed by atoms with E-state index in [1.165, 1.54) is 0 Å². The Morgan fingerprint density at radius 1 is 1.24 bits per heavy atom. The normalized spacial score (nSPS) is 19.2. The van der Waals surface area contributed by atoms with Gasteiger partial charge < -0.3 is 14.6 Å². The molecule has 1 fully saturated rings. The molecule has 1 saturated heterocycles. The van der Waals surface area contributed by atoms with Crippen molar-refractivity contribution in [3.8, 4) is 17.1 Å². The first kappa shape index (κ1) is 19.4. The van der Waals surface area contributed by atoms with Crippen LogP contribution in [0.5, 0.6) is 5.75 Å². The quantitative estimate of drug-likeness (QED) is 0.668. The summed E-state index contributed by atoms with van der Waals surface area (Å²) in [6.07, 6.45) is 0.690. The van der Waals surface area contributed by atoms with Crippen LogP contribution in [0.2, 0.25) is 5.02 Å². The third-order valence-electron chi connectivity index (χ3n) is 4.86. The molecule has 0 spiro atoms. The lowest BCUT2D eigenvalue weighted by Gasteiger charge is -2.14. The van der Waals surface area contributed by atoms with Gasteiger partial charge in [-0.15, -0.1) is 0 Å². The summed E-state index contributed by atoms with van der Waals surface area (Å²) in [6.45, 7) is 0.677. The Hall–Kier alpha value is -2.90.